The van der Waals surface area contributed by atoms with Gasteiger partial charge in [0, 0.05) is 0 Å². The molecule has 6 heteroatoms. The van der Waals surface area contributed by atoms with Gasteiger partial charge in [0.15, 0.2) is 5.82 Å². The number of tetrazole rings is 1. The largest absolute Gasteiger partial charge is 0.375 e. The standard InChI is InChI=1S/C10H13N5O/c11-9(10-12-14-15-13-10)7-16-6-8-4-2-1-3-5-8/h1-5,9H,6-7,11H2,(H,12,13,14,15)/t9-/m1/s1. The van der Waals surface area contributed by atoms with Crippen LogP contribution in [0, 0.1) is 0 Å². The monoisotopic (exact) mass is 219 g/mol. The molecule has 0 radical (unpaired) electrons. The Morgan fingerprint density at radius 3 is 2.81 bits per heavy atom. The second kappa shape index (κ2) is 5.34. The van der Waals surface area contributed by atoms with E-state index in [0.717, 1.165) is 5.56 Å². The highest BCUT2D eigenvalue weighted by atomic mass is 16.5. The fourth-order valence-corrected chi connectivity index (χ4v) is 1.28. The van der Waals surface area contributed by atoms with Gasteiger partial charge >= 0.3 is 0 Å². The molecule has 0 fully saturated rings. The molecule has 1 aromatic heterocycles. The number of nitrogens with one attached hydrogen (secondary N) is 1. The summed E-state index contributed by atoms with van der Waals surface area (Å²) in [7, 11) is 0. The Morgan fingerprint density at radius 2 is 2.12 bits per heavy atom. The molecule has 3 N–H and O–H groups in total. The van der Waals surface area contributed by atoms with E-state index in [1.165, 1.54) is 0 Å². The molecule has 2 rings (SSSR count). The minimum Gasteiger partial charge on any atom is -0.375 e. The second-order valence-corrected chi connectivity index (χ2v) is 3.38. The molecule has 2 aromatic rings. The van der Waals surface area contributed by atoms with Gasteiger partial charge in [-0.3, -0.25) is 0 Å². The lowest BCUT2D eigenvalue weighted by Crippen LogP contribution is -2.18. The molecule has 6 nitrogen and oxygen atoms in total. The molecule has 0 aliphatic heterocycles. The fraction of sp³-hybridized carbons (Fsp3) is 0.300. The highest BCUT2D eigenvalue weighted by molar-refractivity contribution is 5.13. The van der Waals surface area contributed by atoms with Crippen LogP contribution in [0.5, 0.6) is 0 Å². The van der Waals surface area contributed by atoms with Gasteiger partial charge in [-0.15, -0.1) is 10.2 Å². The fourth-order valence-electron chi connectivity index (χ4n) is 1.28. The summed E-state index contributed by atoms with van der Waals surface area (Å²) in [6.45, 7) is 0.904. The van der Waals surface area contributed by atoms with E-state index in [9.17, 15) is 0 Å². The number of nitrogens with zero attached hydrogens (tertiary/aromatic N) is 3. The molecule has 0 unspecified atom stereocenters. The lowest BCUT2D eigenvalue weighted by atomic mass is 10.2. The summed E-state index contributed by atoms with van der Waals surface area (Å²) in [5.41, 5.74) is 6.91. The lowest BCUT2D eigenvalue weighted by Gasteiger charge is -2.08. The van der Waals surface area contributed by atoms with Gasteiger partial charge in [-0.2, -0.15) is 5.21 Å². The number of aromatic amines is 1. The maximum Gasteiger partial charge on any atom is 0.193 e. The zero-order chi connectivity index (χ0) is 11.2. The van der Waals surface area contributed by atoms with Gasteiger partial charge in [0.2, 0.25) is 0 Å². The third kappa shape index (κ3) is 2.85. The molecular weight excluding hydrogens is 206 g/mol. The number of hydrogen-bond donors (Lipinski definition) is 2. The topological polar surface area (TPSA) is 89.7 Å². The van der Waals surface area contributed by atoms with Gasteiger partial charge in [0.1, 0.15) is 0 Å². The van der Waals surface area contributed by atoms with Crippen molar-refractivity contribution in [1.29, 1.82) is 0 Å². The van der Waals surface area contributed by atoms with E-state index in [1.807, 2.05) is 30.3 Å². The minimum atomic E-state index is -0.345. The predicted octanol–water partition coefficient (Wildman–Crippen LogP) is 0.416. The van der Waals surface area contributed by atoms with Crippen molar-refractivity contribution in [2.75, 3.05) is 6.61 Å². The van der Waals surface area contributed by atoms with Crippen molar-refractivity contribution in [3.05, 3.63) is 41.7 Å². The Bertz CT molecular complexity index is 402. The summed E-state index contributed by atoms with van der Waals surface area (Å²) in [6, 6.07) is 9.56. The van der Waals surface area contributed by atoms with Crippen molar-refractivity contribution in [2.45, 2.75) is 12.6 Å². The first-order chi connectivity index (χ1) is 7.86. The van der Waals surface area contributed by atoms with Crippen LogP contribution in [0.25, 0.3) is 0 Å². The zero-order valence-corrected chi connectivity index (χ0v) is 8.71. The zero-order valence-electron chi connectivity index (χ0n) is 8.71. The summed E-state index contributed by atoms with van der Waals surface area (Å²) in [5.74, 6) is 0.466. The molecule has 0 saturated carbocycles. The van der Waals surface area contributed by atoms with Crippen LogP contribution in [0.4, 0.5) is 0 Å². The average Bonchev–Trinajstić information content (AvgIpc) is 2.84. The smallest absolute Gasteiger partial charge is 0.193 e. The molecule has 1 heterocycles. The van der Waals surface area contributed by atoms with Crippen molar-refractivity contribution in [2.24, 2.45) is 5.73 Å². The van der Waals surface area contributed by atoms with Crippen LogP contribution < -0.4 is 5.73 Å². The van der Waals surface area contributed by atoms with E-state index in [0.29, 0.717) is 19.0 Å². The first kappa shape index (κ1) is 10.7. The molecule has 0 saturated heterocycles. The molecule has 0 amide bonds. The van der Waals surface area contributed by atoms with Crippen molar-refractivity contribution in [1.82, 2.24) is 20.6 Å². The molecule has 0 bridgehead atoms. The van der Waals surface area contributed by atoms with Crippen LogP contribution >= 0.6 is 0 Å². The van der Waals surface area contributed by atoms with Crippen molar-refractivity contribution >= 4 is 0 Å². The molecule has 0 spiro atoms. The predicted molar refractivity (Wildman–Crippen MR) is 57.2 cm³/mol. The van der Waals surface area contributed by atoms with Gasteiger partial charge < -0.3 is 10.5 Å². The second-order valence-electron chi connectivity index (χ2n) is 3.38. The number of hydrogen-bond acceptors (Lipinski definition) is 5. The van der Waals surface area contributed by atoms with Crippen LogP contribution in [0.3, 0.4) is 0 Å². The van der Waals surface area contributed by atoms with Crippen molar-refractivity contribution in [3.8, 4) is 0 Å². The minimum absolute atomic E-state index is 0.345. The Kier molecular flexibility index (Phi) is 3.58. The molecule has 16 heavy (non-hydrogen) atoms. The Labute approximate surface area is 92.8 Å². The van der Waals surface area contributed by atoms with Gasteiger partial charge in [0.05, 0.1) is 19.3 Å². The molecular formula is C10H13N5O. The highest BCUT2D eigenvalue weighted by Crippen LogP contribution is 2.05. The van der Waals surface area contributed by atoms with Crippen LogP contribution in [0.1, 0.15) is 17.4 Å². The summed E-state index contributed by atoms with van der Waals surface area (Å²) in [5, 5.41) is 13.4. The van der Waals surface area contributed by atoms with Crippen LogP contribution in [-0.4, -0.2) is 27.2 Å². The molecule has 0 aliphatic carbocycles. The Balaban J connectivity index is 1.76. The number of H-pyrrole nitrogens is 1. The summed E-state index contributed by atoms with van der Waals surface area (Å²) < 4.78 is 5.46. The number of benzene rings is 1. The number of ether oxygens (including phenoxy) is 1. The van der Waals surface area contributed by atoms with E-state index in [1.54, 1.807) is 0 Å². The number of aromatic nitrogens is 4. The van der Waals surface area contributed by atoms with Gasteiger partial charge in [-0.1, -0.05) is 35.5 Å². The number of nitrogens with two attached hydrogens (primary N) is 1. The summed E-state index contributed by atoms with van der Waals surface area (Å²) in [6.07, 6.45) is 0. The molecule has 1 aromatic carbocycles. The van der Waals surface area contributed by atoms with E-state index in [-0.39, 0.29) is 6.04 Å². The highest BCUT2D eigenvalue weighted by Gasteiger charge is 2.10. The Morgan fingerprint density at radius 1 is 1.31 bits per heavy atom. The maximum absolute atomic E-state index is 5.79. The van der Waals surface area contributed by atoms with Gasteiger partial charge in [-0.05, 0) is 5.56 Å². The third-order valence-corrected chi connectivity index (χ3v) is 2.10. The SMILES string of the molecule is N[C@H](COCc1ccccc1)c1nn[nH]n1. The normalized spacial score (nSPS) is 12.6. The first-order valence-electron chi connectivity index (χ1n) is 4.97. The lowest BCUT2D eigenvalue weighted by molar-refractivity contribution is 0.106. The third-order valence-electron chi connectivity index (χ3n) is 2.10. The van der Waals surface area contributed by atoms with E-state index in [4.69, 9.17) is 10.5 Å². The van der Waals surface area contributed by atoms with Crippen LogP contribution in [0.2, 0.25) is 0 Å². The summed E-state index contributed by atoms with van der Waals surface area (Å²) in [4.78, 5) is 0. The number of rotatable bonds is 5. The van der Waals surface area contributed by atoms with Gasteiger partial charge in [-0.25, -0.2) is 0 Å². The summed E-state index contributed by atoms with van der Waals surface area (Å²) >= 11 is 0. The molecule has 84 valence electrons. The molecule has 0 aliphatic rings. The van der Waals surface area contributed by atoms with Crippen molar-refractivity contribution < 1.29 is 4.74 Å². The van der Waals surface area contributed by atoms with Crippen LogP contribution in [-0.2, 0) is 11.3 Å². The van der Waals surface area contributed by atoms with Gasteiger partial charge in [0.25, 0.3) is 0 Å². The molecule has 1 atom stereocenters. The van der Waals surface area contributed by atoms with Crippen LogP contribution in [0.15, 0.2) is 30.3 Å². The quantitative estimate of drug-likeness (QED) is 0.760. The van der Waals surface area contributed by atoms with E-state index in [2.05, 4.69) is 20.6 Å². The van der Waals surface area contributed by atoms with E-state index >= 15 is 0 Å². The maximum atomic E-state index is 5.79. The average molecular weight is 219 g/mol. The van der Waals surface area contributed by atoms with E-state index < -0.39 is 0 Å². The van der Waals surface area contributed by atoms with Crippen molar-refractivity contribution in [3.63, 3.8) is 0 Å². The first-order valence-corrected chi connectivity index (χ1v) is 4.97. The Hall–Kier alpha value is -1.79.